The van der Waals surface area contributed by atoms with Crippen LogP contribution in [-0.2, 0) is 11.2 Å². The molecule has 1 aliphatic carbocycles. The average molecular weight is 348 g/mol. The second-order valence-electron chi connectivity index (χ2n) is 8.11. The Morgan fingerprint density at radius 1 is 0.885 bits per heavy atom. The predicted octanol–water partition coefficient (Wildman–Crippen LogP) is 5.32. The number of carbonyl (C=O) groups excluding carboxylic acids is 1. The first-order valence-electron chi connectivity index (χ1n) is 10.2. The predicted molar refractivity (Wildman–Crippen MR) is 107 cm³/mol. The molecular formula is C24H29NO. The summed E-state index contributed by atoms with van der Waals surface area (Å²) in [5.41, 5.74) is 3.76. The maximum Gasteiger partial charge on any atom is 0.226 e. The fourth-order valence-electron chi connectivity index (χ4n) is 4.79. The summed E-state index contributed by atoms with van der Waals surface area (Å²) in [5.74, 6) is 1.24. The fourth-order valence-corrected chi connectivity index (χ4v) is 4.79. The highest BCUT2D eigenvalue weighted by atomic mass is 16.2. The van der Waals surface area contributed by atoms with Crippen LogP contribution in [-0.4, -0.2) is 23.4 Å². The summed E-state index contributed by atoms with van der Waals surface area (Å²) in [6, 6.07) is 19.7. The third-order valence-electron chi connectivity index (χ3n) is 6.36. The monoisotopic (exact) mass is 347 g/mol. The first kappa shape index (κ1) is 17.3. The summed E-state index contributed by atoms with van der Waals surface area (Å²) in [4.78, 5) is 15.2. The molecule has 1 heterocycles. The van der Waals surface area contributed by atoms with Gasteiger partial charge in [0.25, 0.3) is 0 Å². The Labute approximate surface area is 157 Å². The third-order valence-corrected chi connectivity index (χ3v) is 6.36. The normalized spacial score (nSPS) is 26.3. The topological polar surface area (TPSA) is 20.3 Å². The Bertz CT molecular complexity index is 737. The van der Waals surface area contributed by atoms with Crippen molar-refractivity contribution in [1.82, 2.24) is 4.90 Å². The van der Waals surface area contributed by atoms with Crippen molar-refractivity contribution >= 4 is 5.91 Å². The standard InChI is InChI=1S/C24H29NO/c1-18-7-5-6-10-23(18)25-16-15-22(24(25)26)17-19-11-13-21(14-12-19)20-8-3-2-4-9-20/h2-4,8-9,11-14,18,22-23H,5-7,10,15-17H2,1H3/t18-,22?,23+/m1/s1. The Balaban J connectivity index is 1.41. The lowest BCUT2D eigenvalue weighted by atomic mass is 9.85. The van der Waals surface area contributed by atoms with Crippen LogP contribution >= 0.6 is 0 Å². The van der Waals surface area contributed by atoms with Crippen molar-refractivity contribution < 1.29 is 4.79 Å². The Morgan fingerprint density at radius 2 is 1.58 bits per heavy atom. The van der Waals surface area contributed by atoms with Gasteiger partial charge in [0.1, 0.15) is 0 Å². The molecule has 2 nitrogen and oxygen atoms in total. The van der Waals surface area contributed by atoms with Gasteiger partial charge in [-0.3, -0.25) is 4.79 Å². The molecule has 4 rings (SSSR count). The van der Waals surface area contributed by atoms with Gasteiger partial charge in [0.05, 0.1) is 0 Å². The maximum absolute atomic E-state index is 13.0. The van der Waals surface area contributed by atoms with E-state index in [9.17, 15) is 4.79 Å². The maximum atomic E-state index is 13.0. The Hall–Kier alpha value is -2.09. The molecule has 3 atom stereocenters. The van der Waals surface area contributed by atoms with Crippen molar-refractivity contribution in [3.05, 3.63) is 60.2 Å². The van der Waals surface area contributed by atoms with Crippen LogP contribution in [0.5, 0.6) is 0 Å². The van der Waals surface area contributed by atoms with Crippen molar-refractivity contribution in [2.24, 2.45) is 11.8 Å². The van der Waals surface area contributed by atoms with Crippen LogP contribution in [0.1, 0.15) is 44.6 Å². The van der Waals surface area contributed by atoms with Crippen LogP contribution in [0.4, 0.5) is 0 Å². The van der Waals surface area contributed by atoms with E-state index in [4.69, 9.17) is 0 Å². The van der Waals surface area contributed by atoms with Crippen LogP contribution in [0.3, 0.4) is 0 Å². The van der Waals surface area contributed by atoms with Crippen LogP contribution < -0.4 is 0 Å². The van der Waals surface area contributed by atoms with E-state index < -0.39 is 0 Å². The third kappa shape index (κ3) is 3.56. The molecule has 1 saturated heterocycles. The van der Waals surface area contributed by atoms with Gasteiger partial charge in [-0.1, -0.05) is 74.4 Å². The van der Waals surface area contributed by atoms with Gasteiger partial charge < -0.3 is 4.90 Å². The van der Waals surface area contributed by atoms with Crippen molar-refractivity contribution in [1.29, 1.82) is 0 Å². The fraction of sp³-hybridized carbons (Fsp3) is 0.458. The van der Waals surface area contributed by atoms with Crippen molar-refractivity contribution in [2.75, 3.05) is 6.54 Å². The second-order valence-corrected chi connectivity index (χ2v) is 8.11. The minimum atomic E-state index is 0.173. The molecule has 2 heteroatoms. The van der Waals surface area contributed by atoms with E-state index in [1.54, 1.807) is 0 Å². The lowest BCUT2D eigenvalue weighted by Gasteiger charge is -2.36. The second kappa shape index (κ2) is 7.65. The zero-order valence-corrected chi connectivity index (χ0v) is 15.7. The van der Waals surface area contributed by atoms with Gasteiger partial charge >= 0.3 is 0 Å². The van der Waals surface area contributed by atoms with Crippen molar-refractivity contribution in [2.45, 2.75) is 51.5 Å². The number of likely N-dealkylation sites (tertiary alicyclic amines) is 1. The van der Waals surface area contributed by atoms with Gasteiger partial charge in [0, 0.05) is 18.5 Å². The molecule has 2 fully saturated rings. The average Bonchev–Trinajstić information content (AvgIpc) is 3.04. The lowest BCUT2D eigenvalue weighted by Crippen LogP contribution is -2.43. The first-order valence-corrected chi connectivity index (χ1v) is 10.2. The van der Waals surface area contributed by atoms with Crippen molar-refractivity contribution in [3.63, 3.8) is 0 Å². The first-order chi connectivity index (χ1) is 12.7. The molecule has 1 aliphatic heterocycles. The van der Waals surface area contributed by atoms with Gasteiger partial charge in [-0.2, -0.15) is 0 Å². The summed E-state index contributed by atoms with van der Waals surface area (Å²) < 4.78 is 0. The molecule has 1 amide bonds. The molecule has 0 aromatic heterocycles. The zero-order valence-electron chi connectivity index (χ0n) is 15.7. The van der Waals surface area contributed by atoms with E-state index in [0.717, 1.165) is 19.4 Å². The van der Waals surface area contributed by atoms with Crippen molar-refractivity contribution in [3.8, 4) is 11.1 Å². The molecule has 0 radical (unpaired) electrons. The molecule has 1 saturated carbocycles. The van der Waals surface area contributed by atoms with Crippen LogP contribution in [0.15, 0.2) is 54.6 Å². The van der Waals surface area contributed by atoms with Gasteiger partial charge in [0.2, 0.25) is 5.91 Å². The van der Waals surface area contributed by atoms with E-state index in [1.165, 1.54) is 42.4 Å². The van der Waals surface area contributed by atoms with E-state index in [0.29, 0.717) is 17.9 Å². The SMILES string of the molecule is C[C@@H]1CCCC[C@@H]1N1CCC(Cc2ccc(-c3ccccc3)cc2)C1=O. The van der Waals surface area contributed by atoms with Crippen LogP contribution in [0.2, 0.25) is 0 Å². The molecule has 0 spiro atoms. The summed E-state index contributed by atoms with van der Waals surface area (Å²) in [7, 11) is 0. The smallest absolute Gasteiger partial charge is 0.226 e. The number of amides is 1. The van der Waals surface area contributed by atoms with Gasteiger partial charge in [0.15, 0.2) is 0 Å². The molecule has 2 aliphatic rings. The number of hydrogen-bond acceptors (Lipinski definition) is 1. The number of carbonyl (C=O) groups is 1. The highest BCUT2D eigenvalue weighted by molar-refractivity contribution is 5.81. The summed E-state index contributed by atoms with van der Waals surface area (Å²) >= 11 is 0. The summed E-state index contributed by atoms with van der Waals surface area (Å²) in [6.07, 6.45) is 6.99. The molecule has 1 unspecified atom stereocenters. The van der Waals surface area contributed by atoms with E-state index in [2.05, 4.69) is 60.4 Å². The molecule has 136 valence electrons. The zero-order chi connectivity index (χ0) is 17.9. The quantitative estimate of drug-likeness (QED) is 0.732. The van der Waals surface area contributed by atoms with Crippen LogP contribution in [0, 0.1) is 11.8 Å². The van der Waals surface area contributed by atoms with Gasteiger partial charge in [-0.25, -0.2) is 0 Å². The molecular weight excluding hydrogens is 318 g/mol. The number of nitrogens with zero attached hydrogens (tertiary/aromatic N) is 1. The number of hydrogen-bond donors (Lipinski definition) is 0. The molecule has 0 bridgehead atoms. The molecule has 26 heavy (non-hydrogen) atoms. The molecule has 0 N–H and O–H groups in total. The molecule has 2 aromatic carbocycles. The Morgan fingerprint density at radius 3 is 2.31 bits per heavy atom. The lowest BCUT2D eigenvalue weighted by molar-refractivity contribution is -0.134. The summed E-state index contributed by atoms with van der Waals surface area (Å²) in [6.45, 7) is 3.29. The van der Waals surface area contributed by atoms with Gasteiger partial charge in [-0.15, -0.1) is 0 Å². The minimum Gasteiger partial charge on any atom is -0.339 e. The Kier molecular flexibility index (Phi) is 5.10. The molecule has 2 aromatic rings. The highest BCUT2D eigenvalue weighted by Gasteiger charge is 2.38. The number of rotatable bonds is 4. The minimum absolute atomic E-state index is 0.173. The van der Waals surface area contributed by atoms with Crippen LogP contribution in [0.25, 0.3) is 11.1 Å². The highest BCUT2D eigenvalue weighted by Crippen LogP contribution is 2.33. The van der Waals surface area contributed by atoms with E-state index in [-0.39, 0.29) is 5.92 Å². The number of benzene rings is 2. The van der Waals surface area contributed by atoms with E-state index >= 15 is 0 Å². The van der Waals surface area contributed by atoms with Gasteiger partial charge in [-0.05, 0) is 48.3 Å². The largest absolute Gasteiger partial charge is 0.339 e. The summed E-state index contributed by atoms with van der Waals surface area (Å²) in [5, 5.41) is 0. The van der Waals surface area contributed by atoms with E-state index in [1.807, 2.05) is 6.07 Å².